The number of benzene rings is 1. The van der Waals surface area contributed by atoms with E-state index in [4.69, 9.17) is 0 Å². The van der Waals surface area contributed by atoms with E-state index in [1.165, 1.54) is 6.42 Å². The molecule has 1 N–H and O–H groups in total. The summed E-state index contributed by atoms with van der Waals surface area (Å²) >= 11 is 0. The SMILES string of the molecule is CCC1CCN(C(=O)c2ccc3c(c2)NC(=O)C3)CC1. The molecule has 0 aromatic heterocycles. The number of carbonyl (C=O) groups is 2. The Bertz CT molecular complexity index is 545. The number of hydrogen-bond donors (Lipinski definition) is 1. The number of carbonyl (C=O) groups excluding carboxylic acids is 2. The van der Waals surface area contributed by atoms with Crippen LogP contribution in [0.1, 0.15) is 42.1 Å². The van der Waals surface area contributed by atoms with E-state index in [1.54, 1.807) is 0 Å². The number of amides is 2. The lowest BCUT2D eigenvalue weighted by Crippen LogP contribution is -2.38. The van der Waals surface area contributed by atoms with Crippen molar-refractivity contribution in [2.24, 2.45) is 5.92 Å². The molecule has 0 aliphatic carbocycles. The molecule has 2 aliphatic rings. The number of anilines is 1. The summed E-state index contributed by atoms with van der Waals surface area (Å²) in [5, 5.41) is 2.80. The number of likely N-dealkylation sites (tertiary alicyclic amines) is 1. The molecular weight excluding hydrogens is 252 g/mol. The van der Waals surface area contributed by atoms with E-state index >= 15 is 0 Å². The molecule has 2 aliphatic heterocycles. The van der Waals surface area contributed by atoms with Crippen LogP contribution in [-0.4, -0.2) is 29.8 Å². The van der Waals surface area contributed by atoms with Gasteiger partial charge in [0.1, 0.15) is 0 Å². The molecule has 1 aromatic carbocycles. The van der Waals surface area contributed by atoms with Gasteiger partial charge in [0.25, 0.3) is 5.91 Å². The summed E-state index contributed by atoms with van der Waals surface area (Å²) in [6.45, 7) is 3.91. The predicted octanol–water partition coefficient (Wildman–Crippen LogP) is 2.44. The molecule has 0 atom stereocenters. The number of nitrogens with one attached hydrogen (secondary N) is 1. The maximum absolute atomic E-state index is 12.5. The van der Waals surface area contributed by atoms with Crippen molar-refractivity contribution in [1.82, 2.24) is 4.90 Å². The normalized spacial score (nSPS) is 18.9. The summed E-state index contributed by atoms with van der Waals surface area (Å²) in [5.74, 6) is 0.857. The average Bonchev–Trinajstić information content (AvgIpc) is 2.85. The highest BCUT2D eigenvalue weighted by Gasteiger charge is 2.24. The van der Waals surface area contributed by atoms with Gasteiger partial charge in [-0.25, -0.2) is 0 Å². The highest BCUT2D eigenvalue weighted by molar-refractivity contribution is 6.02. The molecule has 20 heavy (non-hydrogen) atoms. The van der Waals surface area contributed by atoms with Gasteiger partial charge >= 0.3 is 0 Å². The molecule has 0 spiro atoms. The van der Waals surface area contributed by atoms with Gasteiger partial charge in [-0.15, -0.1) is 0 Å². The first-order valence-corrected chi connectivity index (χ1v) is 7.39. The van der Waals surface area contributed by atoms with Crippen LogP contribution in [0, 0.1) is 5.92 Å². The first-order chi connectivity index (χ1) is 9.67. The third-order valence-corrected chi connectivity index (χ3v) is 4.46. The lowest BCUT2D eigenvalue weighted by molar-refractivity contribution is -0.115. The molecule has 2 heterocycles. The molecule has 1 fully saturated rings. The Labute approximate surface area is 119 Å². The Morgan fingerprint density at radius 2 is 2.10 bits per heavy atom. The molecule has 0 unspecified atom stereocenters. The fraction of sp³-hybridized carbons (Fsp3) is 0.500. The van der Waals surface area contributed by atoms with E-state index in [9.17, 15) is 9.59 Å². The van der Waals surface area contributed by atoms with Crippen molar-refractivity contribution in [2.45, 2.75) is 32.6 Å². The number of nitrogens with zero attached hydrogens (tertiary/aromatic N) is 1. The summed E-state index contributed by atoms with van der Waals surface area (Å²) < 4.78 is 0. The Hall–Kier alpha value is -1.84. The van der Waals surface area contributed by atoms with Crippen LogP contribution < -0.4 is 5.32 Å². The number of hydrogen-bond acceptors (Lipinski definition) is 2. The number of rotatable bonds is 2. The van der Waals surface area contributed by atoms with E-state index in [0.29, 0.717) is 12.0 Å². The molecule has 4 heteroatoms. The minimum absolute atomic E-state index is 0.00774. The minimum Gasteiger partial charge on any atom is -0.339 e. The van der Waals surface area contributed by atoms with E-state index in [0.717, 1.165) is 43.1 Å². The molecule has 1 aromatic rings. The van der Waals surface area contributed by atoms with Crippen molar-refractivity contribution in [3.63, 3.8) is 0 Å². The highest BCUT2D eigenvalue weighted by atomic mass is 16.2. The van der Waals surface area contributed by atoms with Crippen LogP contribution in [0.2, 0.25) is 0 Å². The molecule has 3 rings (SSSR count). The summed E-state index contributed by atoms with van der Waals surface area (Å²) in [4.78, 5) is 25.8. The van der Waals surface area contributed by atoms with Crippen molar-refractivity contribution in [3.05, 3.63) is 29.3 Å². The first-order valence-electron chi connectivity index (χ1n) is 7.39. The molecule has 2 amide bonds. The zero-order valence-electron chi connectivity index (χ0n) is 11.8. The van der Waals surface area contributed by atoms with Crippen molar-refractivity contribution in [2.75, 3.05) is 18.4 Å². The Kier molecular flexibility index (Phi) is 3.47. The van der Waals surface area contributed by atoms with E-state index in [2.05, 4.69) is 12.2 Å². The second kappa shape index (κ2) is 5.27. The summed E-state index contributed by atoms with van der Waals surface area (Å²) in [5.41, 5.74) is 2.46. The van der Waals surface area contributed by atoms with Gasteiger partial charge in [0.15, 0.2) is 0 Å². The number of fused-ring (bicyclic) bond motifs is 1. The second-order valence-corrected chi connectivity index (χ2v) is 5.74. The molecule has 4 nitrogen and oxygen atoms in total. The first kappa shape index (κ1) is 13.2. The van der Waals surface area contributed by atoms with Gasteiger partial charge < -0.3 is 10.2 Å². The molecule has 1 saturated heterocycles. The van der Waals surface area contributed by atoms with Crippen LogP contribution >= 0.6 is 0 Å². The van der Waals surface area contributed by atoms with Crippen LogP contribution in [0.5, 0.6) is 0 Å². The largest absolute Gasteiger partial charge is 0.339 e. The lowest BCUT2D eigenvalue weighted by Gasteiger charge is -2.31. The fourth-order valence-corrected chi connectivity index (χ4v) is 3.07. The molecule has 0 radical (unpaired) electrons. The third-order valence-electron chi connectivity index (χ3n) is 4.46. The summed E-state index contributed by atoms with van der Waals surface area (Å²) in [7, 11) is 0. The molecule has 0 saturated carbocycles. The van der Waals surface area contributed by atoms with Gasteiger partial charge in [-0.05, 0) is 36.5 Å². The van der Waals surface area contributed by atoms with Gasteiger partial charge in [-0.3, -0.25) is 9.59 Å². The third kappa shape index (κ3) is 2.42. The zero-order chi connectivity index (χ0) is 14.1. The monoisotopic (exact) mass is 272 g/mol. The van der Waals surface area contributed by atoms with Crippen LogP contribution in [0.25, 0.3) is 0 Å². The van der Waals surface area contributed by atoms with Crippen molar-refractivity contribution >= 4 is 17.5 Å². The topological polar surface area (TPSA) is 49.4 Å². The Morgan fingerprint density at radius 3 is 2.80 bits per heavy atom. The summed E-state index contributed by atoms with van der Waals surface area (Å²) in [6.07, 6.45) is 3.83. The van der Waals surface area contributed by atoms with Crippen molar-refractivity contribution < 1.29 is 9.59 Å². The molecule has 0 bridgehead atoms. The quantitative estimate of drug-likeness (QED) is 0.899. The Balaban J connectivity index is 1.72. The minimum atomic E-state index is 0.00774. The van der Waals surface area contributed by atoms with Gasteiger partial charge in [-0.2, -0.15) is 0 Å². The van der Waals surface area contributed by atoms with Crippen LogP contribution in [-0.2, 0) is 11.2 Å². The average molecular weight is 272 g/mol. The second-order valence-electron chi connectivity index (χ2n) is 5.74. The molecular formula is C16H20N2O2. The maximum atomic E-state index is 12.5. The standard InChI is InChI=1S/C16H20N2O2/c1-2-11-5-7-18(8-6-11)16(20)13-4-3-12-10-15(19)17-14(12)9-13/h3-4,9,11H,2,5-8,10H2,1H3,(H,17,19). The predicted molar refractivity (Wildman–Crippen MR) is 77.7 cm³/mol. The van der Waals surface area contributed by atoms with Gasteiger partial charge in [0.05, 0.1) is 6.42 Å². The molecule has 106 valence electrons. The van der Waals surface area contributed by atoms with E-state index in [1.807, 2.05) is 23.1 Å². The smallest absolute Gasteiger partial charge is 0.253 e. The Morgan fingerprint density at radius 1 is 1.35 bits per heavy atom. The van der Waals surface area contributed by atoms with Crippen molar-refractivity contribution in [3.8, 4) is 0 Å². The number of piperidine rings is 1. The van der Waals surface area contributed by atoms with Crippen LogP contribution in [0.3, 0.4) is 0 Å². The lowest BCUT2D eigenvalue weighted by atomic mass is 9.94. The van der Waals surface area contributed by atoms with Crippen molar-refractivity contribution in [1.29, 1.82) is 0 Å². The highest BCUT2D eigenvalue weighted by Crippen LogP contribution is 2.26. The van der Waals surface area contributed by atoms with E-state index in [-0.39, 0.29) is 11.8 Å². The van der Waals surface area contributed by atoms with Gasteiger partial charge in [0, 0.05) is 24.3 Å². The maximum Gasteiger partial charge on any atom is 0.253 e. The van der Waals surface area contributed by atoms with E-state index < -0.39 is 0 Å². The van der Waals surface area contributed by atoms with Gasteiger partial charge in [0.2, 0.25) is 5.91 Å². The fourth-order valence-electron chi connectivity index (χ4n) is 3.07. The summed E-state index contributed by atoms with van der Waals surface area (Å²) in [6, 6.07) is 5.54. The van der Waals surface area contributed by atoms with Crippen LogP contribution in [0.15, 0.2) is 18.2 Å². The van der Waals surface area contributed by atoms with Gasteiger partial charge in [-0.1, -0.05) is 19.4 Å². The van der Waals surface area contributed by atoms with Crippen LogP contribution in [0.4, 0.5) is 5.69 Å². The zero-order valence-corrected chi connectivity index (χ0v) is 11.8.